The van der Waals surface area contributed by atoms with Crippen LogP contribution in [0, 0.1) is 11.3 Å². The van der Waals surface area contributed by atoms with Crippen molar-refractivity contribution < 1.29 is 19.4 Å². The van der Waals surface area contributed by atoms with Crippen molar-refractivity contribution in [3.63, 3.8) is 0 Å². The number of esters is 1. The van der Waals surface area contributed by atoms with Crippen molar-refractivity contribution in [3.8, 4) is 0 Å². The Balaban J connectivity index is 1.74. The number of hydrogen-bond acceptors (Lipinski definition) is 4. The van der Waals surface area contributed by atoms with E-state index < -0.39 is 0 Å². The van der Waals surface area contributed by atoms with Crippen LogP contribution in [-0.4, -0.2) is 35.5 Å². The number of ether oxygens (including phenoxy) is 2. The van der Waals surface area contributed by atoms with Crippen LogP contribution in [0.25, 0.3) is 0 Å². The van der Waals surface area contributed by atoms with Crippen LogP contribution in [0.15, 0.2) is 0 Å². The topological polar surface area (TPSA) is 59.1 Å². The van der Waals surface area contributed by atoms with Gasteiger partial charge in [-0.05, 0) is 44.4 Å². The Morgan fingerprint density at radius 2 is 2.21 bits per heavy atom. The van der Waals surface area contributed by atoms with E-state index in [4.69, 9.17) is 9.47 Å². The number of aliphatic hydroxyl groups excluding tert-OH is 1. The highest BCUT2D eigenvalue weighted by Gasteiger charge is 2.73. The average molecular weight is 268 g/mol. The van der Waals surface area contributed by atoms with E-state index in [0.29, 0.717) is 18.6 Å². The van der Waals surface area contributed by atoms with E-state index in [2.05, 4.69) is 6.92 Å². The fourth-order valence-corrected chi connectivity index (χ4v) is 4.67. The summed E-state index contributed by atoms with van der Waals surface area (Å²) >= 11 is 0. The van der Waals surface area contributed by atoms with Crippen molar-refractivity contribution in [1.82, 2.24) is 0 Å². The second-order valence-corrected chi connectivity index (χ2v) is 6.59. The van der Waals surface area contributed by atoms with E-state index in [1.54, 1.807) is 0 Å². The van der Waals surface area contributed by atoms with Gasteiger partial charge in [0.25, 0.3) is 0 Å². The van der Waals surface area contributed by atoms with Crippen molar-refractivity contribution in [2.24, 2.45) is 11.3 Å². The summed E-state index contributed by atoms with van der Waals surface area (Å²) in [5.41, 5.74) is -0.238. The van der Waals surface area contributed by atoms with Crippen LogP contribution in [-0.2, 0) is 14.3 Å². The molecule has 3 fully saturated rings. The lowest BCUT2D eigenvalue weighted by molar-refractivity contribution is -0.143. The minimum Gasteiger partial charge on any atom is -0.466 e. The van der Waals surface area contributed by atoms with Crippen LogP contribution in [0.5, 0.6) is 0 Å². The molecular formula is C15H24O4. The number of aliphatic hydroxyl groups is 1. The highest BCUT2D eigenvalue weighted by atomic mass is 16.6. The summed E-state index contributed by atoms with van der Waals surface area (Å²) in [6.07, 6.45) is 6.09. The molecule has 2 aliphatic carbocycles. The van der Waals surface area contributed by atoms with Gasteiger partial charge < -0.3 is 14.6 Å². The van der Waals surface area contributed by atoms with Crippen LogP contribution in [0.2, 0.25) is 0 Å². The van der Waals surface area contributed by atoms with Gasteiger partial charge in [-0.2, -0.15) is 0 Å². The lowest BCUT2D eigenvalue weighted by atomic mass is 9.53. The quantitative estimate of drug-likeness (QED) is 0.628. The lowest BCUT2D eigenvalue weighted by Crippen LogP contribution is -2.56. The number of hydrogen-bond donors (Lipinski definition) is 1. The maximum atomic E-state index is 10.9. The summed E-state index contributed by atoms with van der Waals surface area (Å²) in [6, 6.07) is 0. The van der Waals surface area contributed by atoms with Crippen molar-refractivity contribution in [2.75, 3.05) is 6.61 Å². The van der Waals surface area contributed by atoms with E-state index in [-0.39, 0.29) is 23.1 Å². The van der Waals surface area contributed by atoms with E-state index >= 15 is 0 Å². The molecule has 0 aromatic rings. The van der Waals surface area contributed by atoms with Gasteiger partial charge in [-0.15, -0.1) is 0 Å². The van der Waals surface area contributed by atoms with Crippen LogP contribution >= 0.6 is 0 Å². The number of carbonyl (C=O) groups is 1. The van der Waals surface area contributed by atoms with Gasteiger partial charge in [-0.1, -0.05) is 6.92 Å². The van der Waals surface area contributed by atoms with Gasteiger partial charge in [0.05, 0.1) is 18.8 Å². The summed E-state index contributed by atoms with van der Waals surface area (Å²) in [4.78, 5) is 10.9. The summed E-state index contributed by atoms with van der Waals surface area (Å²) in [5.74, 6) is 0.168. The van der Waals surface area contributed by atoms with Crippen LogP contribution in [0.3, 0.4) is 0 Å². The fourth-order valence-electron chi connectivity index (χ4n) is 4.67. The van der Waals surface area contributed by atoms with Crippen molar-refractivity contribution in [2.45, 2.75) is 70.2 Å². The maximum Gasteiger partial charge on any atom is 0.302 e. The summed E-state index contributed by atoms with van der Waals surface area (Å²) in [7, 11) is 0. The smallest absolute Gasteiger partial charge is 0.302 e. The van der Waals surface area contributed by atoms with Gasteiger partial charge in [-0.25, -0.2) is 0 Å². The minimum atomic E-state index is -0.283. The van der Waals surface area contributed by atoms with Crippen molar-refractivity contribution in [3.05, 3.63) is 0 Å². The number of rotatable bonds is 3. The Morgan fingerprint density at radius 3 is 2.95 bits per heavy atom. The third-order valence-corrected chi connectivity index (χ3v) is 5.84. The van der Waals surface area contributed by atoms with Crippen LogP contribution < -0.4 is 0 Å². The molecule has 1 saturated heterocycles. The van der Waals surface area contributed by atoms with Gasteiger partial charge in [0.15, 0.2) is 0 Å². The van der Waals surface area contributed by atoms with Crippen LogP contribution in [0.4, 0.5) is 0 Å². The highest BCUT2D eigenvalue weighted by Crippen LogP contribution is 2.67. The molecule has 19 heavy (non-hydrogen) atoms. The van der Waals surface area contributed by atoms with Crippen molar-refractivity contribution >= 4 is 5.97 Å². The van der Waals surface area contributed by atoms with E-state index in [0.717, 1.165) is 38.5 Å². The zero-order valence-electron chi connectivity index (χ0n) is 11.9. The molecule has 0 radical (unpaired) electrons. The Hall–Kier alpha value is -0.610. The van der Waals surface area contributed by atoms with Gasteiger partial charge in [0, 0.05) is 12.3 Å². The van der Waals surface area contributed by atoms with Gasteiger partial charge >= 0.3 is 5.97 Å². The minimum absolute atomic E-state index is 0.0796. The first kappa shape index (κ1) is 13.4. The Kier molecular flexibility index (Phi) is 3.13. The third kappa shape index (κ3) is 1.83. The second kappa shape index (κ2) is 4.45. The third-order valence-electron chi connectivity index (χ3n) is 5.84. The Morgan fingerprint density at radius 1 is 1.42 bits per heavy atom. The monoisotopic (exact) mass is 268 g/mol. The molecule has 1 N–H and O–H groups in total. The molecule has 0 unspecified atom stereocenters. The molecule has 3 aliphatic rings. The predicted octanol–water partition coefficient (Wildman–Crippen LogP) is 2.04. The molecular weight excluding hydrogens is 244 g/mol. The molecule has 3 rings (SSSR count). The molecule has 2 saturated carbocycles. The molecule has 4 heteroatoms. The highest BCUT2D eigenvalue weighted by molar-refractivity contribution is 5.65. The van der Waals surface area contributed by atoms with E-state index in [1.807, 2.05) is 0 Å². The SMILES string of the molecule is CC(=O)OCC[C@H]1CC[C@H]2O[C@]23CCC[C@@H](O)[C@@]13C. The summed E-state index contributed by atoms with van der Waals surface area (Å²) in [6.45, 7) is 4.09. The van der Waals surface area contributed by atoms with E-state index in [1.165, 1.54) is 6.92 Å². The van der Waals surface area contributed by atoms with Crippen LogP contribution in [0.1, 0.15) is 52.4 Å². The average Bonchev–Trinajstić information content (AvgIpc) is 3.06. The maximum absolute atomic E-state index is 10.9. The Labute approximate surface area is 114 Å². The summed E-state index contributed by atoms with van der Waals surface area (Å²) < 4.78 is 11.1. The molecule has 0 aromatic heterocycles. The number of epoxide rings is 1. The predicted molar refractivity (Wildman–Crippen MR) is 69.5 cm³/mol. The summed E-state index contributed by atoms with van der Waals surface area (Å²) in [5, 5.41) is 10.5. The molecule has 0 aromatic carbocycles. The Bertz CT molecular complexity index is 382. The molecule has 0 bridgehead atoms. The first-order valence-corrected chi connectivity index (χ1v) is 7.50. The zero-order chi connectivity index (χ0) is 13.7. The van der Waals surface area contributed by atoms with Gasteiger partial charge in [0.1, 0.15) is 5.60 Å². The normalized spacial score (nSPS) is 48.1. The van der Waals surface area contributed by atoms with Crippen molar-refractivity contribution in [1.29, 1.82) is 0 Å². The first-order chi connectivity index (χ1) is 9.00. The first-order valence-electron chi connectivity index (χ1n) is 7.50. The largest absolute Gasteiger partial charge is 0.466 e. The molecule has 1 heterocycles. The standard InChI is InChI=1S/C15H24O4/c1-10(16)18-9-7-11-5-6-13-15(19-13)8-3-4-12(17)14(11,15)2/h11-13,17H,3-9H2,1-2H3/t11-,12-,13-,14-,15-/m1/s1. The zero-order valence-corrected chi connectivity index (χ0v) is 11.9. The molecule has 5 atom stereocenters. The fraction of sp³-hybridized carbons (Fsp3) is 0.933. The van der Waals surface area contributed by atoms with Gasteiger partial charge in [0.2, 0.25) is 0 Å². The number of carbonyl (C=O) groups excluding carboxylic acids is 1. The molecule has 108 valence electrons. The molecule has 0 amide bonds. The molecule has 4 nitrogen and oxygen atoms in total. The second-order valence-electron chi connectivity index (χ2n) is 6.59. The van der Waals surface area contributed by atoms with Gasteiger partial charge in [-0.3, -0.25) is 4.79 Å². The van der Waals surface area contributed by atoms with E-state index in [9.17, 15) is 9.90 Å². The lowest BCUT2D eigenvalue weighted by Gasteiger charge is -2.51. The molecule has 1 aliphatic heterocycles. The molecule has 1 spiro atoms.